The monoisotopic (exact) mass is 308 g/mol. The van der Waals surface area contributed by atoms with Crippen molar-refractivity contribution in [2.24, 2.45) is 0 Å². The third kappa shape index (κ3) is 3.60. The first-order chi connectivity index (χ1) is 10.2. The van der Waals surface area contributed by atoms with Gasteiger partial charge in [0.2, 0.25) is 0 Å². The standard InChI is InChI=1S/C14H20N4O2S/c1-3-8-18-13(19)16-17-14(18)21-11-7-5-6-10(12(11)15)20-9-4-2/h5-7H,3-4,8-9,15H2,1-2H3,(H,16,19). The quantitative estimate of drug-likeness (QED) is 0.768. The summed E-state index contributed by atoms with van der Waals surface area (Å²) in [5.74, 6) is 0.668. The second-order valence-corrected chi connectivity index (χ2v) is 5.59. The summed E-state index contributed by atoms with van der Waals surface area (Å²) in [6.07, 6.45) is 1.79. The zero-order valence-electron chi connectivity index (χ0n) is 12.3. The molecule has 0 aliphatic rings. The lowest BCUT2D eigenvalue weighted by molar-refractivity contribution is 0.318. The highest BCUT2D eigenvalue weighted by Gasteiger charge is 2.13. The van der Waals surface area contributed by atoms with E-state index < -0.39 is 0 Å². The largest absolute Gasteiger partial charge is 0.491 e. The summed E-state index contributed by atoms with van der Waals surface area (Å²) in [7, 11) is 0. The number of aromatic nitrogens is 3. The Morgan fingerprint density at radius 3 is 2.90 bits per heavy atom. The van der Waals surface area contributed by atoms with Crippen LogP contribution in [0, 0.1) is 0 Å². The fourth-order valence-corrected chi connectivity index (χ4v) is 2.78. The number of benzene rings is 1. The number of anilines is 1. The van der Waals surface area contributed by atoms with Gasteiger partial charge >= 0.3 is 5.69 Å². The first-order valence-electron chi connectivity index (χ1n) is 7.01. The molecule has 6 nitrogen and oxygen atoms in total. The molecule has 0 atom stereocenters. The molecule has 0 fully saturated rings. The highest BCUT2D eigenvalue weighted by molar-refractivity contribution is 7.99. The van der Waals surface area contributed by atoms with E-state index in [0.29, 0.717) is 29.7 Å². The van der Waals surface area contributed by atoms with Gasteiger partial charge in [-0.25, -0.2) is 9.89 Å². The molecule has 0 aliphatic carbocycles. The van der Waals surface area contributed by atoms with E-state index in [-0.39, 0.29) is 5.69 Å². The topological polar surface area (TPSA) is 85.9 Å². The van der Waals surface area contributed by atoms with E-state index in [1.54, 1.807) is 4.57 Å². The summed E-state index contributed by atoms with van der Waals surface area (Å²) in [5.41, 5.74) is 6.51. The second-order valence-electron chi connectivity index (χ2n) is 4.58. The van der Waals surface area contributed by atoms with Crippen molar-refractivity contribution >= 4 is 17.4 Å². The maximum atomic E-state index is 11.7. The number of rotatable bonds is 7. The van der Waals surface area contributed by atoms with Crippen LogP contribution < -0.4 is 16.2 Å². The molecule has 0 bridgehead atoms. The lowest BCUT2D eigenvalue weighted by Crippen LogP contribution is -2.17. The van der Waals surface area contributed by atoms with Crippen LogP contribution in [-0.2, 0) is 6.54 Å². The fourth-order valence-electron chi connectivity index (χ4n) is 1.85. The minimum atomic E-state index is -0.198. The van der Waals surface area contributed by atoms with Crippen LogP contribution >= 0.6 is 11.8 Å². The van der Waals surface area contributed by atoms with E-state index in [1.165, 1.54) is 11.8 Å². The summed E-state index contributed by atoms with van der Waals surface area (Å²) >= 11 is 1.36. The Hall–Kier alpha value is -1.89. The number of nitrogens with two attached hydrogens (primary N) is 1. The van der Waals surface area contributed by atoms with Crippen LogP contribution in [0.25, 0.3) is 0 Å². The van der Waals surface area contributed by atoms with Crippen molar-refractivity contribution in [2.75, 3.05) is 12.3 Å². The zero-order valence-corrected chi connectivity index (χ0v) is 13.1. The second kappa shape index (κ2) is 7.21. The van der Waals surface area contributed by atoms with Crippen molar-refractivity contribution in [3.63, 3.8) is 0 Å². The van der Waals surface area contributed by atoms with E-state index in [1.807, 2.05) is 32.0 Å². The summed E-state index contributed by atoms with van der Waals surface area (Å²) in [5, 5.41) is 7.14. The predicted octanol–water partition coefficient (Wildman–Crippen LogP) is 2.50. The third-order valence-corrected chi connectivity index (χ3v) is 3.93. The number of nitrogens with one attached hydrogen (secondary N) is 1. The third-order valence-electron chi connectivity index (χ3n) is 2.86. The molecule has 21 heavy (non-hydrogen) atoms. The van der Waals surface area contributed by atoms with Crippen molar-refractivity contribution < 1.29 is 4.74 Å². The van der Waals surface area contributed by atoms with E-state index >= 15 is 0 Å². The molecule has 0 amide bonds. The van der Waals surface area contributed by atoms with Crippen LogP contribution in [0.2, 0.25) is 0 Å². The van der Waals surface area contributed by atoms with Crippen LogP contribution in [0.4, 0.5) is 5.69 Å². The van der Waals surface area contributed by atoms with Crippen molar-refractivity contribution in [2.45, 2.75) is 43.3 Å². The maximum Gasteiger partial charge on any atom is 0.343 e. The number of aromatic amines is 1. The molecule has 1 heterocycles. The Morgan fingerprint density at radius 2 is 2.19 bits per heavy atom. The van der Waals surface area contributed by atoms with E-state index in [2.05, 4.69) is 10.2 Å². The minimum absolute atomic E-state index is 0.198. The summed E-state index contributed by atoms with van der Waals surface area (Å²) in [4.78, 5) is 12.5. The van der Waals surface area contributed by atoms with Gasteiger partial charge in [-0.3, -0.25) is 4.57 Å². The molecule has 0 unspecified atom stereocenters. The van der Waals surface area contributed by atoms with Crippen molar-refractivity contribution in [1.82, 2.24) is 14.8 Å². The molecule has 0 saturated heterocycles. The Kier molecular flexibility index (Phi) is 5.32. The highest BCUT2D eigenvalue weighted by Crippen LogP contribution is 2.35. The van der Waals surface area contributed by atoms with Crippen LogP contribution in [0.3, 0.4) is 0 Å². The lowest BCUT2D eigenvalue weighted by atomic mass is 10.3. The Morgan fingerprint density at radius 1 is 1.38 bits per heavy atom. The SMILES string of the molecule is CCCOc1cccc(Sc2n[nH]c(=O)n2CCC)c1N. The number of hydrogen-bond acceptors (Lipinski definition) is 5. The molecule has 0 saturated carbocycles. The fraction of sp³-hybridized carbons (Fsp3) is 0.429. The number of nitrogen functional groups attached to an aromatic ring is 1. The molecular weight excluding hydrogens is 288 g/mol. The number of nitrogens with zero attached hydrogens (tertiary/aromatic N) is 2. The zero-order chi connectivity index (χ0) is 15.2. The van der Waals surface area contributed by atoms with E-state index in [4.69, 9.17) is 10.5 Å². The summed E-state index contributed by atoms with van der Waals surface area (Å²) in [6.45, 7) is 5.31. The van der Waals surface area contributed by atoms with Crippen LogP contribution in [0.5, 0.6) is 5.75 Å². The first-order valence-corrected chi connectivity index (χ1v) is 7.83. The Balaban J connectivity index is 2.25. The van der Waals surface area contributed by atoms with Gasteiger partial charge < -0.3 is 10.5 Å². The van der Waals surface area contributed by atoms with Gasteiger partial charge in [0, 0.05) is 11.4 Å². The first kappa shape index (κ1) is 15.5. The number of H-pyrrole nitrogens is 1. The number of para-hydroxylation sites is 1. The molecule has 2 aromatic rings. The molecule has 1 aromatic heterocycles. The van der Waals surface area contributed by atoms with E-state index in [9.17, 15) is 4.79 Å². The average Bonchev–Trinajstić information content (AvgIpc) is 2.82. The number of hydrogen-bond donors (Lipinski definition) is 2. The van der Waals surface area contributed by atoms with Crippen molar-refractivity contribution in [3.8, 4) is 5.75 Å². The Labute approximate surface area is 127 Å². The van der Waals surface area contributed by atoms with Gasteiger partial charge in [0.05, 0.1) is 12.3 Å². The summed E-state index contributed by atoms with van der Waals surface area (Å²) < 4.78 is 7.23. The van der Waals surface area contributed by atoms with Gasteiger partial charge in [0.1, 0.15) is 5.75 Å². The van der Waals surface area contributed by atoms with Crippen LogP contribution in [0.15, 0.2) is 33.0 Å². The van der Waals surface area contributed by atoms with Gasteiger partial charge in [0.25, 0.3) is 0 Å². The lowest BCUT2D eigenvalue weighted by Gasteiger charge is -2.11. The predicted molar refractivity (Wildman–Crippen MR) is 83.9 cm³/mol. The van der Waals surface area contributed by atoms with Gasteiger partial charge in [-0.2, -0.15) is 0 Å². The average molecular weight is 308 g/mol. The van der Waals surface area contributed by atoms with E-state index in [0.717, 1.165) is 17.7 Å². The van der Waals surface area contributed by atoms with Gasteiger partial charge in [-0.15, -0.1) is 5.10 Å². The molecule has 7 heteroatoms. The minimum Gasteiger partial charge on any atom is -0.491 e. The molecule has 0 spiro atoms. The molecule has 114 valence electrons. The van der Waals surface area contributed by atoms with Gasteiger partial charge in [-0.1, -0.05) is 19.9 Å². The normalized spacial score (nSPS) is 10.8. The molecule has 0 radical (unpaired) electrons. The molecular formula is C14H20N4O2S. The van der Waals surface area contributed by atoms with Crippen LogP contribution in [-0.4, -0.2) is 21.4 Å². The van der Waals surface area contributed by atoms with Crippen LogP contribution in [0.1, 0.15) is 26.7 Å². The highest BCUT2D eigenvalue weighted by atomic mass is 32.2. The van der Waals surface area contributed by atoms with Crippen molar-refractivity contribution in [3.05, 3.63) is 28.7 Å². The molecule has 2 rings (SSSR count). The molecule has 0 aliphatic heterocycles. The Bertz CT molecular complexity index is 651. The van der Waals surface area contributed by atoms with Gasteiger partial charge in [0.15, 0.2) is 5.16 Å². The molecule has 1 aromatic carbocycles. The smallest absolute Gasteiger partial charge is 0.343 e. The van der Waals surface area contributed by atoms with Crippen molar-refractivity contribution in [1.29, 1.82) is 0 Å². The van der Waals surface area contributed by atoms with Gasteiger partial charge in [-0.05, 0) is 36.7 Å². The molecule has 3 N–H and O–H groups in total. The summed E-state index contributed by atoms with van der Waals surface area (Å²) in [6, 6.07) is 5.63. The number of ether oxygens (including phenoxy) is 1. The maximum absolute atomic E-state index is 11.7.